The molecule has 4 nitrogen and oxygen atoms in total. The van der Waals surface area contributed by atoms with E-state index in [2.05, 4.69) is 28.5 Å². The molecule has 1 atom stereocenters. The molecule has 4 rings (SSSR count). The summed E-state index contributed by atoms with van der Waals surface area (Å²) in [5.74, 6) is 0.329. The first kappa shape index (κ1) is 15.3. The largest absolute Gasteiger partial charge is 0.431 e. The van der Waals surface area contributed by atoms with Crippen LogP contribution in [0.2, 0.25) is 0 Å². The zero-order valence-electron chi connectivity index (χ0n) is 13.2. The molecule has 0 spiro atoms. The molecule has 1 amide bonds. The molecule has 0 radical (unpaired) electrons. The number of benzene rings is 2. The minimum absolute atomic E-state index is 0.0176. The maximum absolute atomic E-state index is 12.3. The Labute approximate surface area is 144 Å². The maximum atomic E-state index is 12.3. The Hall–Kier alpha value is -2.27. The van der Waals surface area contributed by atoms with Gasteiger partial charge in [-0.2, -0.15) is 0 Å². The number of thioether (sulfide) groups is 1. The number of fused-ring (bicyclic) bond motifs is 2. The van der Waals surface area contributed by atoms with Gasteiger partial charge in [0.2, 0.25) is 5.91 Å². The van der Waals surface area contributed by atoms with Gasteiger partial charge in [-0.1, -0.05) is 48.2 Å². The van der Waals surface area contributed by atoms with Gasteiger partial charge in [-0.15, -0.1) is 0 Å². The van der Waals surface area contributed by atoms with Gasteiger partial charge in [-0.05, 0) is 42.5 Å². The van der Waals surface area contributed by atoms with Crippen molar-refractivity contribution < 1.29 is 9.21 Å². The average molecular weight is 338 g/mol. The molecule has 0 saturated heterocycles. The van der Waals surface area contributed by atoms with Gasteiger partial charge >= 0.3 is 0 Å². The van der Waals surface area contributed by atoms with Crippen LogP contribution in [0.3, 0.4) is 0 Å². The summed E-state index contributed by atoms with van der Waals surface area (Å²) in [7, 11) is 0. The molecule has 1 aliphatic rings. The number of aryl methyl sites for hydroxylation is 1. The second-order valence-corrected chi connectivity index (χ2v) is 6.87. The molecule has 24 heavy (non-hydrogen) atoms. The number of amides is 1. The number of hydrogen-bond acceptors (Lipinski definition) is 4. The Kier molecular flexibility index (Phi) is 4.26. The number of nitrogens with zero attached hydrogens (tertiary/aromatic N) is 1. The van der Waals surface area contributed by atoms with Gasteiger partial charge in [0.1, 0.15) is 5.52 Å². The van der Waals surface area contributed by atoms with E-state index in [9.17, 15) is 4.79 Å². The summed E-state index contributed by atoms with van der Waals surface area (Å²) in [5, 5.41) is 3.69. The van der Waals surface area contributed by atoms with Crippen molar-refractivity contribution in [1.82, 2.24) is 10.3 Å². The number of rotatable bonds is 4. The molecule has 122 valence electrons. The summed E-state index contributed by atoms with van der Waals surface area (Å²) in [6.45, 7) is 0. The highest BCUT2D eigenvalue weighted by Crippen LogP contribution is 2.30. The molecule has 0 fully saturated rings. The fourth-order valence-corrected chi connectivity index (χ4v) is 3.83. The van der Waals surface area contributed by atoms with Crippen LogP contribution in [0.5, 0.6) is 0 Å². The van der Waals surface area contributed by atoms with Crippen LogP contribution < -0.4 is 5.32 Å². The molecule has 1 N–H and O–H groups in total. The van der Waals surface area contributed by atoms with Crippen LogP contribution in [-0.4, -0.2) is 16.6 Å². The first-order valence-electron chi connectivity index (χ1n) is 8.15. The third kappa shape index (κ3) is 3.17. The van der Waals surface area contributed by atoms with Gasteiger partial charge in [-0.3, -0.25) is 4.79 Å². The van der Waals surface area contributed by atoms with Crippen molar-refractivity contribution in [2.24, 2.45) is 0 Å². The number of para-hydroxylation sites is 2. The zero-order valence-corrected chi connectivity index (χ0v) is 14.0. The SMILES string of the molecule is O=C(CSc1nc2ccccc2o1)N[C@H]1CCCc2ccccc21. The number of aromatic nitrogens is 1. The van der Waals surface area contributed by atoms with Crippen molar-refractivity contribution in [3.63, 3.8) is 0 Å². The summed E-state index contributed by atoms with van der Waals surface area (Å²) >= 11 is 1.33. The number of carbonyl (C=O) groups is 1. The predicted octanol–water partition coefficient (Wildman–Crippen LogP) is 4.11. The molecular weight excluding hydrogens is 320 g/mol. The van der Waals surface area contributed by atoms with E-state index in [1.807, 2.05) is 30.3 Å². The van der Waals surface area contributed by atoms with Crippen LogP contribution in [0.1, 0.15) is 30.0 Å². The summed E-state index contributed by atoms with van der Waals surface area (Å²) < 4.78 is 5.64. The van der Waals surface area contributed by atoms with Crippen LogP contribution >= 0.6 is 11.8 Å². The van der Waals surface area contributed by atoms with E-state index in [1.54, 1.807) is 0 Å². The van der Waals surface area contributed by atoms with Crippen LogP contribution in [0, 0.1) is 0 Å². The van der Waals surface area contributed by atoms with E-state index in [0.29, 0.717) is 11.0 Å². The molecule has 1 heterocycles. The molecule has 0 saturated carbocycles. The Morgan fingerprint density at radius 3 is 2.96 bits per heavy atom. The Bertz CT molecular complexity index is 841. The van der Waals surface area contributed by atoms with Crippen LogP contribution in [-0.2, 0) is 11.2 Å². The number of carbonyl (C=O) groups excluding carboxylic acids is 1. The third-order valence-corrected chi connectivity index (χ3v) is 5.13. The monoisotopic (exact) mass is 338 g/mol. The van der Waals surface area contributed by atoms with Crippen LogP contribution in [0.15, 0.2) is 58.2 Å². The van der Waals surface area contributed by atoms with E-state index in [4.69, 9.17) is 4.42 Å². The first-order chi connectivity index (χ1) is 11.8. The first-order valence-corrected chi connectivity index (χ1v) is 9.14. The molecule has 0 unspecified atom stereocenters. The lowest BCUT2D eigenvalue weighted by Gasteiger charge is -2.26. The molecule has 1 aromatic heterocycles. The van der Waals surface area contributed by atoms with Crippen molar-refractivity contribution in [3.05, 3.63) is 59.7 Å². The Morgan fingerprint density at radius 1 is 1.21 bits per heavy atom. The van der Waals surface area contributed by atoms with E-state index in [1.165, 1.54) is 22.9 Å². The van der Waals surface area contributed by atoms with Gasteiger partial charge in [0, 0.05) is 0 Å². The maximum Gasteiger partial charge on any atom is 0.257 e. The van der Waals surface area contributed by atoms with Crippen LogP contribution in [0.25, 0.3) is 11.1 Å². The van der Waals surface area contributed by atoms with Crippen molar-refractivity contribution in [1.29, 1.82) is 0 Å². The highest BCUT2D eigenvalue weighted by molar-refractivity contribution is 7.99. The second kappa shape index (κ2) is 6.69. The molecular formula is C19H18N2O2S. The minimum Gasteiger partial charge on any atom is -0.431 e. The van der Waals surface area contributed by atoms with Crippen molar-refractivity contribution in [2.45, 2.75) is 30.5 Å². The fraction of sp³-hybridized carbons (Fsp3) is 0.263. The highest BCUT2D eigenvalue weighted by Gasteiger charge is 2.21. The Balaban J connectivity index is 1.39. The van der Waals surface area contributed by atoms with E-state index < -0.39 is 0 Å². The lowest BCUT2D eigenvalue weighted by atomic mass is 9.88. The molecule has 3 aromatic rings. The van der Waals surface area contributed by atoms with Crippen molar-refractivity contribution in [2.75, 3.05) is 5.75 Å². The van der Waals surface area contributed by atoms with E-state index >= 15 is 0 Å². The fourth-order valence-electron chi connectivity index (χ4n) is 3.18. The molecule has 0 bridgehead atoms. The zero-order chi connectivity index (χ0) is 16.4. The lowest BCUT2D eigenvalue weighted by Crippen LogP contribution is -2.32. The highest BCUT2D eigenvalue weighted by atomic mass is 32.2. The predicted molar refractivity (Wildman–Crippen MR) is 95.0 cm³/mol. The third-order valence-electron chi connectivity index (χ3n) is 4.31. The topological polar surface area (TPSA) is 55.1 Å². The van der Waals surface area contributed by atoms with Gasteiger partial charge < -0.3 is 9.73 Å². The van der Waals surface area contributed by atoms with Gasteiger partial charge in [0.05, 0.1) is 11.8 Å². The minimum atomic E-state index is 0.0176. The Morgan fingerprint density at radius 2 is 2.04 bits per heavy atom. The average Bonchev–Trinajstić information content (AvgIpc) is 3.03. The molecule has 2 aromatic carbocycles. The standard InChI is InChI=1S/C19H18N2O2S/c22-18(12-24-19-21-16-9-3-4-11-17(16)23-19)20-15-10-5-7-13-6-1-2-8-14(13)15/h1-4,6,8-9,11,15H,5,7,10,12H2,(H,20,22)/t15-/m0/s1. The normalized spacial score (nSPS) is 16.8. The number of oxazole rings is 1. The quantitative estimate of drug-likeness (QED) is 0.727. The number of hydrogen-bond donors (Lipinski definition) is 1. The number of nitrogens with one attached hydrogen (secondary N) is 1. The summed E-state index contributed by atoms with van der Waals surface area (Å²) in [5.41, 5.74) is 4.17. The summed E-state index contributed by atoms with van der Waals surface area (Å²) in [6, 6.07) is 16.1. The summed E-state index contributed by atoms with van der Waals surface area (Å²) in [6.07, 6.45) is 3.21. The lowest BCUT2D eigenvalue weighted by molar-refractivity contribution is -0.119. The van der Waals surface area contributed by atoms with Gasteiger partial charge in [0.15, 0.2) is 5.58 Å². The van der Waals surface area contributed by atoms with Gasteiger partial charge in [-0.25, -0.2) is 4.98 Å². The van der Waals surface area contributed by atoms with E-state index in [0.717, 1.165) is 30.4 Å². The second-order valence-electron chi connectivity index (χ2n) is 5.95. The van der Waals surface area contributed by atoms with E-state index in [-0.39, 0.29) is 11.9 Å². The van der Waals surface area contributed by atoms with Crippen molar-refractivity contribution in [3.8, 4) is 0 Å². The molecule has 5 heteroatoms. The molecule has 1 aliphatic carbocycles. The van der Waals surface area contributed by atoms with Crippen LogP contribution in [0.4, 0.5) is 0 Å². The van der Waals surface area contributed by atoms with Crippen molar-refractivity contribution >= 4 is 28.8 Å². The smallest absolute Gasteiger partial charge is 0.257 e. The summed E-state index contributed by atoms with van der Waals surface area (Å²) in [4.78, 5) is 16.7. The molecule has 0 aliphatic heterocycles. The van der Waals surface area contributed by atoms with Gasteiger partial charge in [0.25, 0.3) is 5.22 Å².